The topological polar surface area (TPSA) is 30.5 Å². The second-order valence-corrected chi connectivity index (χ2v) is 7.61. The molecule has 1 N–H and O–H groups in total. The van der Waals surface area contributed by atoms with Gasteiger partial charge in [0, 0.05) is 6.54 Å². The van der Waals surface area contributed by atoms with E-state index in [-0.39, 0.29) is 0 Å². The molecular weight excluding hydrogens is 405 g/mol. The summed E-state index contributed by atoms with van der Waals surface area (Å²) in [6, 6.07) is 9.26. The normalized spacial score (nSPS) is 10.9. The van der Waals surface area contributed by atoms with Crippen molar-refractivity contribution in [1.82, 2.24) is 5.32 Å². The number of rotatable bonds is 11. The number of ether oxygens (including phenoxy) is 2. The fraction of sp³-hybridized carbons (Fsp3) is 0.429. The Balaban J connectivity index is 1.97. The summed E-state index contributed by atoms with van der Waals surface area (Å²) in [6.45, 7) is 4.28. The summed E-state index contributed by atoms with van der Waals surface area (Å²) in [5, 5.41) is 4.98. The van der Waals surface area contributed by atoms with Gasteiger partial charge in [-0.15, -0.1) is 0 Å². The Morgan fingerprint density at radius 2 is 1.67 bits per heavy atom. The van der Waals surface area contributed by atoms with Crippen LogP contribution < -0.4 is 14.8 Å². The summed E-state index contributed by atoms with van der Waals surface area (Å²) in [7, 11) is 1.61. The number of unbranched alkanes of at least 4 members (excludes halogenated alkanes) is 3. The number of benzene rings is 2. The molecule has 0 spiro atoms. The zero-order valence-corrected chi connectivity index (χ0v) is 18.1. The van der Waals surface area contributed by atoms with E-state index < -0.39 is 0 Å². The van der Waals surface area contributed by atoms with Crippen LogP contribution in [-0.4, -0.2) is 13.7 Å². The molecule has 0 radical (unpaired) electrons. The summed E-state index contributed by atoms with van der Waals surface area (Å²) < 4.78 is 11.4. The fourth-order valence-electron chi connectivity index (χ4n) is 2.71. The second-order valence-electron chi connectivity index (χ2n) is 6.38. The molecule has 0 bridgehead atoms. The molecule has 0 aromatic heterocycles. The van der Waals surface area contributed by atoms with Gasteiger partial charge in [0.1, 0.15) is 6.61 Å². The van der Waals surface area contributed by atoms with Gasteiger partial charge < -0.3 is 14.8 Å². The van der Waals surface area contributed by atoms with Crippen LogP contribution in [0.3, 0.4) is 0 Å². The average molecular weight is 431 g/mol. The van der Waals surface area contributed by atoms with Gasteiger partial charge in [-0.05, 0) is 48.4 Å². The highest BCUT2D eigenvalue weighted by Crippen LogP contribution is 2.37. The Labute approximate surface area is 176 Å². The molecule has 2 aromatic rings. The molecule has 0 aliphatic rings. The lowest BCUT2D eigenvalue weighted by atomic mass is 10.1. The zero-order chi connectivity index (χ0) is 19.6. The summed E-state index contributed by atoms with van der Waals surface area (Å²) in [5.41, 5.74) is 1.97. The summed E-state index contributed by atoms with van der Waals surface area (Å²) >= 11 is 18.4. The molecule has 0 aliphatic carbocycles. The van der Waals surface area contributed by atoms with Gasteiger partial charge in [0.05, 0.1) is 22.2 Å². The summed E-state index contributed by atoms with van der Waals surface area (Å²) in [5.74, 6) is 1.14. The van der Waals surface area contributed by atoms with Crippen LogP contribution in [0.15, 0.2) is 30.3 Å². The van der Waals surface area contributed by atoms with Crippen molar-refractivity contribution in [1.29, 1.82) is 0 Å². The maximum absolute atomic E-state index is 6.44. The molecule has 0 amide bonds. The fourth-order valence-corrected chi connectivity index (χ4v) is 3.32. The Morgan fingerprint density at radius 3 is 2.37 bits per heavy atom. The molecule has 0 saturated heterocycles. The van der Waals surface area contributed by atoms with Gasteiger partial charge in [0.15, 0.2) is 11.5 Å². The molecule has 0 atom stereocenters. The molecule has 3 nitrogen and oxygen atoms in total. The molecule has 0 aliphatic heterocycles. The van der Waals surface area contributed by atoms with Crippen molar-refractivity contribution in [3.05, 3.63) is 56.5 Å². The smallest absolute Gasteiger partial charge is 0.180 e. The highest BCUT2D eigenvalue weighted by Gasteiger charge is 2.13. The molecule has 2 rings (SSSR count). The highest BCUT2D eigenvalue weighted by molar-refractivity contribution is 6.42. The first kappa shape index (κ1) is 22.2. The van der Waals surface area contributed by atoms with E-state index in [1.165, 1.54) is 25.7 Å². The van der Waals surface area contributed by atoms with E-state index in [1.54, 1.807) is 19.2 Å². The van der Waals surface area contributed by atoms with Crippen LogP contribution in [0, 0.1) is 0 Å². The minimum absolute atomic E-state index is 0.321. The lowest BCUT2D eigenvalue weighted by molar-refractivity contribution is 0.284. The first-order chi connectivity index (χ1) is 13.0. The lowest BCUT2D eigenvalue weighted by Gasteiger charge is -2.15. The molecule has 2 aromatic carbocycles. The van der Waals surface area contributed by atoms with Crippen molar-refractivity contribution in [2.75, 3.05) is 13.7 Å². The molecule has 0 unspecified atom stereocenters. The quantitative estimate of drug-likeness (QED) is 0.393. The van der Waals surface area contributed by atoms with E-state index in [4.69, 9.17) is 44.3 Å². The van der Waals surface area contributed by atoms with Crippen LogP contribution in [0.1, 0.15) is 43.7 Å². The third-order valence-corrected chi connectivity index (χ3v) is 5.21. The Kier molecular flexibility index (Phi) is 9.57. The van der Waals surface area contributed by atoms with Crippen molar-refractivity contribution < 1.29 is 9.47 Å². The minimum atomic E-state index is 0.321. The first-order valence-electron chi connectivity index (χ1n) is 9.19. The third-order valence-electron chi connectivity index (χ3n) is 4.19. The molecule has 27 heavy (non-hydrogen) atoms. The predicted molar refractivity (Wildman–Crippen MR) is 115 cm³/mol. The molecule has 6 heteroatoms. The monoisotopic (exact) mass is 429 g/mol. The van der Waals surface area contributed by atoms with Gasteiger partial charge in [-0.3, -0.25) is 0 Å². The van der Waals surface area contributed by atoms with Gasteiger partial charge in [-0.2, -0.15) is 0 Å². The number of nitrogens with one attached hydrogen (secondary N) is 1. The summed E-state index contributed by atoms with van der Waals surface area (Å²) in [4.78, 5) is 0. The molecule has 0 fully saturated rings. The SMILES string of the molecule is CCCCCCNCc1cc(Cl)c(OCc2ccc(Cl)c(Cl)c2)c(OC)c1. The van der Waals surface area contributed by atoms with Gasteiger partial charge in [0.2, 0.25) is 0 Å². The van der Waals surface area contributed by atoms with Crippen LogP contribution >= 0.6 is 34.8 Å². The van der Waals surface area contributed by atoms with Crippen LogP contribution in [0.2, 0.25) is 15.1 Å². The molecular formula is C21H26Cl3NO2. The van der Waals surface area contributed by atoms with Gasteiger partial charge in [-0.25, -0.2) is 0 Å². The number of hydrogen-bond acceptors (Lipinski definition) is 3. The van der Waals surface area contributed by atoms with E-state index in [2.05, 4.69) is 12.2 Å². The van der Waals surface area contributed by atoms with Crippen LogP contribution in [0.5, 0.6) is 11.5 Å². The highest BCUT2D eigenvalue weighted by atomic mass is 35.5. The van der Waals surface area contributed by atoms with E-state index in [0.29, 0.717) is 33.2 Å². The standard InChI is InChI=1S/C21H26Cl3NO2/c1-3-4-5-6-9-25-13-16-11-19(24)21(20(12-16)26-2)27-14-15-7-8-17(22)18(23)10-15/h7-8,10-12,25H,3-6,9,13-14H2,1-2H3. The van der Waals surface area contributed by atoms with Crippen LogP contribution in [-0.2, 0) is 13.2 Å². The number of methoxy groups -OCH3 is 1. The van der Waals surface area contributed by atoms with Crippen LogP contribution in [0.4, 0.5) is 0 Å². The largest absolute Gasteiger partial charge is 0.493 e. The van der Waals surface area contributed by atoms with Gasteiger partial charge in [-0.1, -0.05) is 67.1 Å². The van der Waals surface area contributed by atoms with Crippen molar-refractivity contribution in [3.63, 3.8) is 0 Å². The van der Waals surface area contributed by atoms with Gasteiger partial charge >= 0.3 is 0 Å². The number of hydrogen-bond donors (Lipinski definition) is 1. The Bertz CT molecular complexity index is 738. The first-order valence-corrected chi connectivity index (χ1v) is 10.3. The van der Waals surface area contributed by atoms with Crippen molar-refractivity contribution in [2.45, 2.75) is 45.8 Å². The Hall–Kier alpha value is -1.13. The van der Waals surface area contributed by atoms with E-state index >= 15 is 0 Å². The summed E-state index contributed by atoms with van der Waals surface area (Å²) in [6.07, 6.45) is 4.97. The van der Waals surface area contributed by atoms with E-state index in [0.717, 1.165) is 24.2 Å². The predicted octanol–water partition coefficient (Wildman–Crippen LogP) is 6.90. The van der Waals surface area contributed by atoms with E-state index in [1.807, 2.05) is 18.2 Å². The van der Waals surface area contributed by atoms with Crippen molar-refractivity contribution in [2.24, 2.45) is 0 Å². The molecule has 0 saturated carbocycles. The second kappa shape index (κ2) is 11.7. The van der Waals surface area contributed by atoms with E-state index in [9.17, 15) is 0 Å². The van der Waals surface area contributed by atoms with Gasteiger partial charge in [0.25, 0.3) is 0 Å². The molecule has 148 valence electrons. The van der Waals surface area contributed by atoms with Crippen molar-refractivity contribution >= 4 is 34.8 Å². The third kappa shape index (κ3) is 7.08. The maximum atomic E-state index is 6.44. The molecule has 0 heterocycles. The lowest BCUT2D eigenvalue weighted by Crippen LogP contribution is -2.14. The zero-order valence-electron chi connectivity index (χ0n) is 15.8. The van der Waals surface area contributed by atoms with Crippen molar-refractivity contribution in [3.8, 4) is 11.5 Å². The Morgan fingerprint density at radius 1 is 0.889 bits per heavy atom. The number of halogens is 3. The average Bonchev–Trinajstić information content (AvgIpc) is 2.66. The van der Waals surface area contributed by atoms with Crippen LogP contribution in [0.25, 0.3) is 0 Å². The minimum Gasteiger partial charge on any atom is -0.493 e. The maximum Gasteiger partial charge on any atom is 0.180 e.